The summed E-state index contributed by atoms with van der Waals surface area (Å²) in [6.45, 7) is 1.97. The largest absolute Gasteiger partial charge is 0.496 e. The molecule has 2 nitrogen and oxygen atoms in total. The van der Waals surface area contributed by atoms with E-state index >= 15 is 0 Å². The summed E-state index contributed by atoms with van der Waals surface area (Å²) in [4.78, 5) is 0. The maximum atomic E-state index is 8.52. The molecule has 0 aliphatic carbocycles. The molecule has 12 heavy (non-hydrogen) atoms. The third kappa shape index (κ3) is 1.57. The van der Waals surface area contributed by atoms with Gasteiger partial charge < -0.3 is 4.74 Å². The SMILES string of the molecule is COc1c(C)cccc1CC#N. The number of nitriles is 1. The number of ether oxygens (including phenoxy) is 1. The molecule has 0 spiro atoms. The van der Waals surface area contributed by atoms with Crippen molar-refractivity contribution >= 4 is 0 Å². The molecule has 0 heterocycles. The fraction of sp³-hybridized carbons (Fsp3) is 0.300. The lowest BCUT2D eigenvalue weighted by Crippen LogP contribution is -1.93. The molecule has 0 aliphatic heterocycles. The van der Waals surface area contributed by atoms with Crippen molar-refractivity contribution in [3.8, 4) is 11.8 Å². The fourth-order valence-electron chi connectivity index (χ4n) is 1.23. The molecule has 0 radical (unpaired) electrons. The lowest BCUT2D eigenvalue weighted by Gasteiger charge is -2.07. The Labute approximate surface area is 72.4 Å². The summed E-state index contributed by atoms with van der Waals surface area (Å²) in [5, 5.41) is 8.52. The summed E-state index contributed by atoms with van der Waals surface area (Å²) < 4.78 is 5.18. The highest BCUT2D eigenvalue weighted by atomic mass is 16.5. The fourth-order valence-corrected chi connectivity index (χ4v) is 1.23. The van der Waals surface area contributed by atoms with Crippen LogP contribution in [0.3, 0.4) is 0 Å². The first-order valence-electron chi connectivity index (χ1n) is 3.79. The molecule has 0 amide bonds. The van der Waals surface area contributed by atoms with Gasteiger partial charge >= 0.3 is 0 Å². The van der Waals surface area contributed by atoms with Gasteiger partial charge in [-0.25, -0.2) is 0 Å². The van der Waals surface area contributed by atoms with Crippen LogP contribution in [0.25, 0.3) is 0 Å². The van der Waals surface area contributed by atoms with Crippen LogP contribution in [0.1, 0.15) is 11.1 Å². The molecule has 0 N–H and O–H groups in total. The Balaban J connectivity index is 3.11. The zero-order valence-corrected chi connectivity index (χ0v) is 7.29. The van der Waals surface area contributed by atoms with Gasteiger partial charge in [0.25, 0.3) is 0 Å². The number of methoxy groups -OCH3 is 1. The second-order valence-corrected chi connectivity index (χ2v) is 2.60. The van der Waals surface area contributed by atoms with E-state index in [1.54, 1.807) is 7.11 Å². The highest BCUT2D eigenvalue weighted by molar-refractivity contribution is 5.41. The first kappa shape index (κ1) is 8.61. The molecular weight excluding hydrogens is 150 g/mol. The minimum absolute atomic E-state index is 0.408. The normalized spacial score (nSPS) is 9.08. The van der Waals surface area contributed by atoms with E-state index < -0.39 is 0 Å². The summed E-state index contributed by atoms with van der Waals surface area (Å²) in [5.74, 6) is 0.832. The van der Waals surface area contributed by atoms with Crippen LogP contribution in [-0.4, -0.2) is 7.11 Å². The van der Waals surface area contributed by atoms with Gasteiger partial charge in [0, 0.05) is 5.56 Å². The Kier molecular flexibility index (Phi) is 2.71. The van der Waals surface area contributed by atoms with E-state index in [0.29, 0.717) is 6.42 Å². The van der Waals surface area contributed by atoms with Crippen LogP contribution >= 0.6 is 0 Å². The minimum atomic E-state index is 0.408. The van der Waals surface area contributed by atoms with Crippen molar-refractivity contribution in [2.24, 2.45) is 0 Å². The Hall–Kier alpha value is -1.49. The van der Waals surface area contributed by atoms with E-state index in [1.165, 1.54) is 0 Å². The molecule has 1 aromatic rings. The van der Waals surface area contributed by atoms with Gasteiger partial charge in [-0.2, -0.15) is 5.26 Å². The molecule has 1 rings (SSSR count). The van der Waals surface area contributed by atoms with Crippen LogP contribution in [0.5, 0.6) is 5.75 Å². The monoisotopic (exact) mass is 161 g/mol. The number of para-hydroxylation sites is 1. The summed E-state index contributed by atoms with van der Waals surface area (Å²) >= 11 is 0. The van der Waals surface area contributed by atoms with Crippen molar-refractivity contribution in [3.63, 3.8) is 0 Å². The number of rotatable bonds is 2. The first-order chi connectivity index (χ1) is 5.79. The van der Waals surface area contributed by atoms with Crippen molar-refractivity contribution < 1.29 is 4.74 Å². The van der Waals surface area contributed by atoms with Crippen LogP contribution in [0.15, 0.2) is 18.2 Å². The number of aryl methyl sites for hydroxylation is 1. The van der Waals surface area contributed by atoms with Gasteiger partial charge in [-0.05, 0) is 12.5 Å². The Morgan fingerprint density at radius 1 is 1.50 bits per heavy atom. The summed E-state index contributed by atoms with van der Waals surface area (Å²) in [5.41, 5.74) is 2.03. The minimum Gasteiger partial charge on any atom is -0.496 e. The molecule has 0 unspecified atom stereocenters. The molecule has 1 aromatic carbocycles. The lowest BCUT2D eigenvalue weighted by molar-refractivity contribution is 0.407. The number of benzene rings is 1. The molecule has 0 aromatic heterocycles. The maximum Gasteiger partial charge on any atom is 0.125 e. The van der Waals surface area contributed by atoms with Gasteiger partial charge in [-0.1, -0.05) is 18.2 Å². The Morgan fingerprint density at radius 3 is 2.83 bits per heavy atom. The van der Waals surface area contributed by atoms with Crippen molar-refractivity contribution in [3.05, 3.63) is 29.3 Å². The smallest absolute Gasteiger partial charge is 0.125 e. The van der Waals surface area contributed by atoms with Crippen molar-refractivity contribution in [1.29, 1.82) is 5.26 Å². The van der Waals surface area contributed by atoms with Gasteiger partial charge in [0.1, 0.15) is 5.75 Å². The van der Waals surface area contributed by atoms with Gasteiger partial charge in [0.15, 0.2) is 0 Å². The zero-order valence-electron chi connectivity index (χ0n) is 7.29. The van der Waals surface area contributed by atoms with Crippen molar-refractivity contribution in [2.75, 3.05) is 7.11 Å². The third-order valence-corrected chi connectivity index (χ3v) is 1.77. The van der Waals surface area contributed by atoms with E-state index in [4.69, 9.17) is 10.00 Å². The number of hydrogen-bond donors (Lipinski definition) is 0. The molecule has 0 atom stereocenters. The van der Waals surface area contributed by atoms with Gasteiger partial charge in [0.2, 0.25) is 0 Å². The van der Waals surface area contributed by atoms with E-state index in [1.807, 2.05) is 25.1 Å². The molecule has 0 aliphatic rings. The molecule has 2 heteroatoms. The second-order valence-electron chi connectivity index (χ2n) is 2.60. The standard InChI is InChI=1S/C10H11NO/c1-8-4-3-5-9(6-7-11)10(8)12-2/h3-5H,6H2,1-2H3. The summed E-state index contributed by atoms with van der Waals surface area (Å²) in [6.07, 6.45) is 0.408. The Bertz CT molecular complexity index is 312. The second kappa shape index (κ2) is 3.77. The quantitative estimate of drug-likeness (QED) is 0.665. The summed E-state index contributed by atoms with van der Waals surface area (Å²) in [6, 6.07) is 7.92. The summed E-state index contributed by atoms with van der Waals surface area (Å²) in [7, 11) is 1.63. The van der Waals surface area contributed by atoms with Crippen LogP contribution in [0, 0.1) is 18.3 Å². The van der Waals surface area contributed by atoms with E-state index in [0.717, 1.165) is 16.9 Å². The average Bonchev–Trinajstić information content (AvgIpc) is 2.05. The maximum absolute atomic E-state index is 8.52. The molecule has 0 saturated carbocycles. The zero-order chi connectivity index (χ0) is 8.97. The van der Waals surface area contributed by atoms with E-state index in [9.17, 15) is 0 Å². The predicted molar refractivity (Wildman–Crippen MR) is 47.0 cm³/mol. The lowest BCUT2D eigenvalue weighted by atomic mass is 10.1. The predicted octanol–water partition coefficient (Wildman–Crippen LogP) is 2.07. The molecule has 62 valence electrons. The van der Waals surface area contributed by atoms with E-state index in [-0.39, 0.29) is 0 Å². The third-order valence-electron chi connectivity index (χ3n) is 1.77. The topological polar surface area (TPSA) is 33.0 Å². The average molecular weight is 161 g/mol. The highest BCUT2D eigenvalue weighted by Gasteiger charge is 2.03. The highest BCUT2D eigenvalue weighted by Crippen LogP contribution is 2.22. The van der Waals surface area contributed by atoms with Crippen LogP contribution in [-0.2, 0) is 6.42 Å². The molecule has 0 fully saturated rings. The molecule has 0 saturated heterocycles. The number of nitrogens with zero attached hydrogens (tertiary/aromatic N) is 1. The van der Waals surface area contributed by atoms with Crippen LogP contribution in [0.2, 0.25) is 0 Å². The molecular formula is C10H11NO. The van der Waals surface area contributed by atoms with Gasteiger partial charge in [-0.15, -0.1) is 0 Å². The van der Waals surface area contributed by atoms with Crippen LogP contribution < -0.4 is 4.74 Å². The van der Waals surface area contributed by atoms with Crippen LogP contribution in [0.4, 0.5) is 0 Å². The van der Waals surface area contributed by atoms with Crippen molar-refractivity contribution in [2.45, 2.75) is 13.3 Å². The van der Waals surface area contributed by atoms with Gasteiger partial charge in [0.05, 0.1) is 19.6 Å². The van der Waals surface area contributed by atoms with Crippen molar-refractivity contribution in [1.82, 2.24) is 0 Å². The molecule has 0 bridgehead atoms. The van der Waals surface area contributed by atoms with Gasteiger partial charge in [-0.3, -0.25) is 0 Å². The number of hydrogen-bond acceptors (Lipinski definition) is 2. The first-order valence-corrected chi connectivity index (χ1v) is 3.79. The Morgan fingerprint density at radius 2 is 2.25 bits per heavy atom. The van der Waals surface area contributed by atoms with E-state index in [2.05, 4.69) is 6.07 Å².